The number of carbonyl (C=O) groups is 1. The van der Waals surface area contributed by atoms with Crippen molar-refractivity contribution in [3.63, 3.8) is 0 Å². The quantitative estimate of drug-likeness (QED) is 0.948. The molecule has 3 rings (SSSR count). The molecule has 0 fully saturated rings. The first kappa shape index (κ1) is 13.9. The molecule has 1 aliphatic rings. The third-order valence-corrected chi connectivity index (χ3v) is 4.23. The first-order chi connectivity index (χ1) is 10.1. The number of fused-ring (bicyclic) bond motifs is 1. The van der Waals surface area contributed by atoms with Crippen LogP contribution >= 0.6 is 11.6 Å². The monoisotopic (exact) mass is 304 g/mol. The van der Waals surface area contributed by atoms with Crippen molar-refractivity contribution in [3.05, 3.63) is 40.9 Å². The number of aromatic nitrogens is 2. The molecule has 0 bridgehead atoms. The van der Waals surface area contributed by atoms with E-state index in [1.54, 1.807) is 25.2 Å². The van der Waals surface area contributed by atoms with Crippen molar-refractivity contribution in [2.24, 2.45) is 0 Å². The van der Waals surface area contributed by atoms with Crippen molar-refractivity contribution in [3.8, 4) is 0 Å². The maximum atomic E-state index is 11.5. The highest BCUT2D eigenvalue weighted by Crippen LogP contribution is 2.38. The second kappa shape index (κ2) is 5.41. The molecule has 0 spiro atoms. The largest absolute Gasteiger partial charge is 0.365 e. The standard InChI is InChI=1S/C15H17ClN4O/c1-10(21)19(2)12-5-14(16)13-3-4-20(15(13)6-12)8-11-7-17-9-18-11/h5-7,9H,3-4,8H2,1-2H3,(H,17,18). The van der Waals surface area contributed by atoms with Gasteiger partial charge in [-0.2, -0.15) is 0 Å². The molecule has 0 atom stereocenters. The van der Waals surface area contributed by atoms with Crippen LogP contribution in [0.1, 0.15) is 18.2 Å². The number of amides is 1. The number of hydrogen-bond donors (Lipinski definition) is 1. The number of carbonyl (C=O) groups excluding carboxylic acids is 1. The smallest absolute Gasteiger partial charge is 0.223 e. The lowest BCUT2D eigenvalue weighted by atomic mass is 10.1. The van der Waals surface area contributed by atoms with Gasteiger partial charge in [0.2, 0.25) is 5.91 Å². The van der Waals surface area contributed by atoms with Gasteiger partial charge >= 0.3 is 0 Å². The minimum atomic E-state index is -0.0112. The number of benzene rings is 1. The highest BCUT2D eigenvalue weighted by atomic mass is 35.5. The van der Waals surface area contributed by atoms with Crippen LogP contribution in [0, 0.1) is 0 Å². The predicted octanol–water partition coefficient (Wildman–Crippen LogP) is 2.61. The zero-order valence-electron chi connectivity index (χ0n) is 12.1. The Morgan fingerprint density at radius 3 is 3.00 bits per heavy atom. The summed E-state index contributed by atoms with van der Waals surface area (Å²) in [4.78, 5) is 22.6. The van der Waals surface area contributed by atoms with Crippen LogP contribution in [0.5, 0.6) is 0 Å². The van der Waals surface area contributed by atoms with E-state index in [1.807, 2.05) is 18.3 Å². The van der Waals surface area contributed by atoms with Gasteiger partial charge < -0.3 is 14.8 Å². The number of halogens is 1. The van der Waals surface area contributed by atoms with Gasteiger partial charge in [-0.05, 0) is 24.1 Å². The van der Waals surface area contributed by atoms with Crippen LogP contribution in [0.2, 0.25) is 5.02 Å². The average Bonchev–Trinajstić information content (AvgIpc) is 3.09. The van der Waals surface area contributed by atoms with Crippen molar-refractivity contribution in [2.75, 3.05) is 23.4 Å². The van der Waals surface area contributed by atoms with Crippen LogP contribution in [0.4, 0.5) is 11.4 Å². The first-order valence-electron chi connectivity index (χ1n) is 6.85. The zero-order chi connectivity index (χ0) is 15.0. The molecule has 0 radical (unpaired) electrons. The van der Waals surface area contributed by atoms with Crippen molar-refractivity contribution in [1.29, 1.82) is 0 Å². The molecular weight excluding hydrogens is 288 g/mol. The fraction of sp³-hybridized carbons (Fsp3) is 0.333. The Morgan fingerprint density at radius 1 is 1.52 bits per heavy atom. The minimum absolute atomic E-state index is 0.0112. The Kier molecular flexibility index (Phi) is 3.59. The molecule has 1 amide bonds. The highest BCUT2D eigenvalue weighted by Gasteiger charge is 2.24. The van der Waals surface area contributed by atoms with E-state index in [0.29, 0.717) is 0 Å². The van der Waals surface area contributed by atoms with Crippen molar-refractivity contribution in [2.45, 2.75) is 19.9 Å². The van der Waals surface area contributed by atoms with E-state index in [0.717, 1.165) is 47.2 Å². The minimum Gasteiger partial charge on any atom is -0.365 e. The Labute approximate surface area is 128 Å². The molecule has 2 aromatic rings. The maximum absolute atomic E-state index is 11.5. The third-order valence-electron chi connectivity index (χ3n) is 3.90. The number of nitrogens with one attached hydrogen (secondary N) is 1. The lowest BCUT2D eigenvalue weighted by molar-refractivity contribution is -0.116. The van der Waals surface area contributed by atoms with Gasteiger partial charge in [0.25, 0.3) is 0 Å². The fourth-order valence-corrected chi connectivity index (χ4v) is 2.92. The normalized spacial score (nSPS) is 13.4. The topological polar surface area (TPSA) is 52.2 Å². The van der Waals surface area contributed by atoms with E-state index in [1.165, 1.54) is 0 Å². The third kappa shape index (κ3) is 2.61. The number of anilines is 2. The maximum Gasteiger partial charge on any atom is 0.223 e. The lowest BCUT2D eigenvalue weighted by Crippen LogP contribution is -2.24. The highest BCUT2D eigenvalue weighted by molar-refractivity contribution is 6.32. The number of nitrogens with zero attached hydrogens (tertiary/aromatic N) is 3. The summed E-state index contributed by atoms with van der Waals surface area (Å²) in [6, 6.07) is 3.89. The summed E-state index contributed by atoms with van der Waals surface area (Å²) in [5.41, 5.74) is 4.05. The van der Waals surface area contributed by atoms with Crippen LogP contribution in [0.25, 0.3) is 0 Å². The van der Waals surface area contributed by atoms with Crippen LogP contribution in [0.3, 0.4) is 0 Å². The Hall–Kier alpha value is -2.01. The summed E-state index contributed by atoms with van der Waals surface area (Å²) < 4.78 is 0. The number of H-pyrrole nitrogens is 1. The molecule has 1 aromatic heterocycles. The lowest BCUT2D eigenvalue weighted by Gasteiger charge is -2.22. The summed E-state index contributed by atoms with van der Waals surface area (Å²) >= 11 is 6.38. The average molecular weight is 305 g/mol. The summed E-state index contributed by atoms with van der Waals surface area (Å²) in [5, 5.41) is 0.722. The molecule has 0 saturated carbocycles. The molecule has 2 heterocycles. The van der Waals surface area contributed by atoms with Crippen LogP contribution < -0.4 is 9.80 Å². The van der Waals surface area contributed by atoms with Crippen molar-refractivity contribution >= 4 is 28.9 Å². The van der Waals surface area contributed by atoms with Crippen molar-refractivity contribution < 1.29 is 4.79 Å². The molecule has 1 aliphatic heterocycles. The van der Waals surface area contributed by atoms with Gasteiger partial charge in [0.1, 0.15) is 0 Å². The molecular formula is C15H17ClN4O. The predicted molar refractivity (Wildman–Crippen MR) is 83.9 cm³/mol. The number of imidazole rings is 1. The molecule has 110 valence electrons. The van der Waals surface area contributed by atoms with Gasteiger partial charge in [-0.3, -0.25) is 4.79 Å². The second-order valence-corrected chi connectivity index (χ2v) is 5.64. The second-order valence-electron chi connectivity index (χ2n) is 5.24. The first-order valence-corrected chi connectivity index (χ1v) is 7.23. The van der Waals surface area contributed by atoms with Crippen LogP contribution in [-0.2, 0) is 17.8 Å². The Bertz CT molecular complexity index is 669. The van der Waals surface area contributed by atoms with Gasteiger partial charge in [-0.15, -0.1) is 0 Å². The van der Waals surface area contributed by atoms with E-state index in [4.69, 9.17) is 11.6 Å². The molecule has 21 heavy (non-hydrogen) atoms. The molecule has 5 nitrogen and oxygen atoms in total. The molecule has 6 heteroatoms. The molecule has 0 saturated heterocycles. The number of aromatic amines is 1. The molecule has 0 unspecified atom stereocenters. The SMILES string of the molecule is CC(=O)N(C)c1cc(Cl)c2c(c1)N(Cc1c[nH]cn1)CC2. The van der Waals surface area contributed by atoms with E-state index in [2.05, 4.69) is 14.9 Å². The van der Waals surface area contributed by atoms with Gasteiger partial charge in [0.15, 0.2) is 0 Å². The van der Waals surface area contributed by atoms with Gasteiger partial charge in [0, 0.05) is 43.1 Å². The summed E-state index contributed by atoms with van der Waals surface area (Å²) in [5.74, 6) is -0.0112. The van der Waals surface area contributed by atoms with Gasteiger partial charge in [-0.25, -0.2) is 4.98 Å². The van der Waals surface area contributed by atoms with Crippen LogP contribution in [0.15, 0.2) is 24.7 Å². The molecule has 1 aromatic carbocycles. The zero-order valence-corrected chi connectivity index (χ0v) is 12.8. The van der Waals surface area contributed by atoms with E-state index < -0.39 is 0 Å². The van der Waals surface area contributed by atoms with E-state index in [-0.39, 0.29) is 5.91 Å². The van der Waals surface area contributed by atoms with E-state index in [9.17, 15) is 4.79 Å². The summed E-state index contributed by atoms with van der Waals surface area (Å²) in [7, 11) is 1.76. The van der Waals surface area contributed by atoms with E-state index >= 15 is 0 Å². The molecule has 1 N–H and O–H groups in total. The Morgan fingerprint density at radius 2 is 2.33 bits per heavy atom. The number of rotatable bonds is 3. The number of hydrogen-bond acceptors (Lipinski definition) is 3. The van der Waals surface area contributed by atoms with Gasteiger partial charge in [0.05, 0.1) is 18.6 Å². The summed E-state index contributed by atoms with van der Waals surface area (Å²) in [6.45, 7) is 3.19. The van der Waals surface area contributed by atoms with Gasteiger partial charge in [-0.1, -0.05) is 11.6 Å². The molecule has 0 aliphatic carbocycles. The van der Waals surface area contributed by atoms with Crippen molar-refractivity contribution in [1.82, 2.24) is 9.97 Å². The fourth-order valence-electron chi connectivity index (χ4n) is 2.62. The van der Waals surface area contributed by atoms with Crippen LogP contribution in [-0.4, -0.2) is 29.5 Å². The Balaban J connectivity index is 1.94. The summed E-state index contributed by atoms with van der Waals surface area (Å²) in [6.07, 6.45) is 4.49.